The fourth-order valence-corrected chi connectivity index (χ4v) is 1.10. The second-order valence-corrected chi connectivity index (χ2v) is 2.83. The van der Waals surface area contributed by atoms with E-state index in [4.69, 9.17) is 0 Å². The van der Waals surface area contributed by atoms with Gasteiger partial charge in [0, 0.05) is 5.75 Å². The summed E-state index contributed by atoms with van der Waals surface area (Å²) in [5, 5.41) is 3.06. The van der Waals surface area contributed by atoms with Crippen LogP contribution in [0.4, 0.5) is 0 Å². The van der Waals surface area contributed by atoms with Crippen LogP contribution in [0, 0.1) is 0 Å². The molecule has 0 aromatic rings. The molecule has 0 aromatic heterocycles. The summed E-state index contributed by atoms with van der Waals surface area (Å²) in [6, 6.07) is 0. The first-order chi connectivity index (χ1) is 4.91. The van der Waals surface area contributed by atoms with Crippen molar-refractivity contribution < 1.29 is 4.79 Å². The van der Waals surface area contributed by atoms with Gasteiger partial charge in [-0.2, -0.15) is 0 Å². The summed E-state index contributed by atoms with van der Waals surface area (Å²) in [4.78, 5) is 9.75. The van der Waals surface area contributed by atoms with Crippen LogP contribution in [0.2, 0.25) is 0 Å². The molecular weight excluding hydrogens is 148 g/mol. The lowest BCUT2D eigenvalue weighted by atomic mass is 10.3. The van der Waals surface area contributed by atoms with E-state index in [1.807, 2.05) is 7.05 Å². The number of carbonyl (C=O) groups excluding carboxylic acids is 1. The highest BCUT2D eigenvalue weighted by molar-refractivity contribution is 7.97. The third-order valence-electron chi connectivity index (χ3n) is 1.05. The van der Waals surface area contributed by atoms with Crippen molar-refractivity contribution in [2.75, 3.05) is 19.3 Å². The quantitative estimate of drug-likeness (QED) is 0.323. The first-order valence-electron chi connectivity index (χ1n) is 3.37. The zero-order valence-electron chi connectivity index (χ0n) is 6.22. The molecule has 0 spiro atoms. The predicted octanol–water partition coefficient (Wildman–Crippen LogP) is 0.380. The molecule has 0 saturated heterocycles. The van der Waals surface area contributed by atoms with E-state index in [2.05, 4.69) is 10.0 Å². The molecular formula is C6H14N2OS. The molecule has 0 heterocycles. The summed E-state index contributed by atoms with van der Waals surface area (Å²) in [7, 11) is 1.94. The summed E-state index contributed by atoms with van der Waals surface area (Å²) in [6.07, 6.45) is 3.03. The van der Waals surface area contributed by atoms with E-state index >= 15 is 0 Å². The number of unbranched alkanes of at least 4 members (excludes halogenated alkanes) is 1. The Hall–Kier alpha value is -0.220. The molecule has 0 aliphatic rings. The lowest BCUT2D eigenvalue weighted by Gasteiger charge is -1.98. The van der Waals surface area contributed by atoms with Gasteiger partial charge in [0.2, 0.25) is 6.41 Å². The Labute approximate surface area is 66.1 Å². The molecule has 2 N–H and O–H groups in total. The Bertz CT molecular complexity index is 80.1. The first kappa shape index (κ1) is 9.78. The van der Waals surface area contributed by atoms with Crippen LogP contribution in [0.3, 0.4) is 0 Å². The smallest absolute Gasteiger partial charge is 0.216 e. The van der Waals surface area contributed by atoms with Gasteiger partial charge in [-0.1, -0.05) is 11.9 Å². The average molecular weight is 162 g/mol. The van der Waals surface area contributed by atoms with E-state index in [1.165, 1.54) is 18.4 Å². The van der Waals surface area contributed by atoms with Gasteiger partial charge in [-0.05, 0) is 26.4 Å². The van der Waals surface area contributed by atoms with Gasteiger partial charge in [0.1, 0.15) is 0 Å². The van der Waals surface area contributed by atoms with Gasteiger partial charge in [-0.25, -0.2) is 0 Å². The molecule has 3 nitrogen and oxygen atoms in total. The third-order valence-corrected chi connectivity index (χ3v) is 1.81. The molecule has 1 amide bonds. The van der Waals surface area contributed by atoms with E-state index in [1.54, 1.807) is 0 Å². The van der Waals surface area contributed by atoms with Gasteiger partial charge < -0.3 is 10.0 Å². The molecule has 4 heteroatoms. The lowest BCUT2D eigenvalue weighted by molar-refractivity contribution is -0.107. The van der Waals surface area contributed by atoms with Crippen LogP contribution in [0.25, 0.3) is 0 Å². The Morgan fingerprint density at radius 3 is 2.90 bits per heavy atom. The van der Waals surface area contributed by atoms with Gasteiger partial charge in [0.15, 0.2) is 0 Å². The molecule has 10 heavy (non-hydrogen) atoms. The predicted molar refractivity (Wildman–Crippen MR) is 44.8 cm³/mol. The summed E-state index contributed by atoms with van der Waals surface area (Å²) in [5.74, 6) is 1.00. The van der Waals surface area contributed by atoms with Gasteiger partial charge in [-0.15, -0.1) is 0 Å². The first-order valence-corrected chi connectivity index (χ1v) is 4.36. The maximum atomic E-state index is 9.75. The standard InChI is InChI=1S/C6H14N2OS/c1-7-4-2-3-5-10-8-6-9/h6-7H,2-5H2,1H3,(H,8,9). The topological polar surface area (TPSA) is 41.1 Å². The second-order valence-electron chi connectivity index (χ2n) is 1.89. The number of carbonyl (C=O) groups is 1. The Kier molecular flexibility index (Phi) is 8.59. The molecule has 0 bridgehead atoms. The highest BCUT2D eigenvalue weighted by Crippen LogP contribution is 1.97. The van der Waals surface area contributed by atoms with Crippen molar-refractivity contribution in [1.82, 2.24) is 10.0 Å². The molecule has 0 unspecified atom stereocenters. The average Bonchev–Trinajstić information content (AvgIpc) is 1.97. The third kappa shape index (κ3) is 7.78. The zero-order valence-corrected chi connectivity index (χ0v) is 7.04. The van der Waals surface area contributed by atoms with Crippen molar-refractivity contribution in [2.24, 2.45) is 0 Å². The van der Waals surface area contributed by atoms with Crippen molar-refractivity contribution in [3.05, 3.63) is 0 Å². The number of amides is 1. The molecule has 0 rings (SSSR count). The Morgan fingerprint density at radius 2 is 2.30 bits per heavy atom. The Balaban J connectivity index is 2.70. The minimum atomic E-state index is 0.711. The maximum absolute atomic E-state index is 9.75. The zero-order chi connectivity index (χ0) is 7.66. The fourth-order valence-electron chi connectivity index (χ4n) is 0.569. The highest BCUT2D eigenvalue weighted by Gasteiger charge is 1.86. The minimum Gasteiger partial charge on any atom is -0.320 e. The molecule has 0 fully saturated rings. The lowest BCUT2D eigenvalue weighted by Crippen LogP contribution is -2.08. The van der Waals surface area contributed by atoms with Crippen molar-refractivity contribution in [1.29, 1.82) is 0 Å². The maximum Gasteiger partial charge on any atom is 0.216 e. The van der Waals surface area contributed by atoms with Crippen LogP contribution in [0.1, 0.15) is 12.8 Å². The van der Waals surface area contributed by atoms with E-state index in [9.17, 15) is 4.79 Å². The molecule has 0 radical (unpaired) electrons. The highest BCUT2D eigenvalue weighted by atomic mass is 32.2. The van der Waals surface area contributed by atoms with Crippen molar-refractivity contribution in [2.45, 2.75) is 12.8 Å². The van der Waals surface area contributed by atoms with Gasteiger partial charge >= 0.3 is 0 Å². The molecule has 60 valence electrons. The fraction of sp³-hybridized carbons (Fsp3) is 0.833. The minimum absolute atomic E-state index is 0.711. The van der Waals surface area contributed by atoms with E-state index in [0.717, 1.165) is 18.7 Å². The van der Waals surface area contributed by atoms with Crippen molar-refractivity contribution >= 4 is 18.4 Å². The van der Waals surface area contributed by atoms with E-state index in [0.29, 0.717) is 6.41 Å². The second kappa shape index (κ2) is 8.78. The monoisotopic (exact) mass is 162 g/mol. The number of hydrogen-bond donors (Lipinski definition) is 2. The largest absolute Gasteiger partial charge is 0.320 e. The molecule has 0 saturated carbocycles. The van der Waals surface area contributed by atoms with Crippen LogP contribution in [0.15, 0.2) is 0 Å². The molecule has 0 atom stereocenters. The Morgan fingerprint density at radius 1 is 1.50 bits per heavy atom. The van der Waals surface area contributed by atoms with Gasteiger partial charge in [-0.3, -0.25) is 4.79 Å². The molecule has 0 aromatic carbocycles. The number of nitrogens with one attached hydrogen (secondary N) is 2. The van der Waals surface area contributed by atoms with Crippen molar-refractivity contribution in [3.8, 4) is 0 Å². The van der Waals surface area contributed by atoms with Gasteiger partial charge in [0.25, 0.3) is 0 Å². The van der Waals surface area contributed by atoms with Gasteiger partial charge in [0.05, 0.1) is 0 Å². The van der Waals surface area contributed by atoms with E-state index < -0.39 is 0 Å². The normalized spacial score (nSPS) is 9.30. The SMILES string of the molecule is CNCCCCSNC=O. The summed E-state index contributed by atoms with van der Waals surface area (Å²) >= 11 is 1.46. The van der Waals surface area contributed by atoms with Crippen LogP contribution in [-0.4, -0.2) is 25.8 Å². The van der Waals surface area contributed by atoms with Crippen LogP contribution in [-0.2, 0) is 4.79 Å². The number of rotatable bonds is 7. The van der Waals surface area contributed by atoms with Crippen LogP contribution < -0.4 is 10.0 Å². The summed E-state index contributed by atoms with van der Waals surface area (Å²) < 4.78 is 2.54. The van der Waals surface area contributed by atoms with Crippen LogP contribution >= 0.6 is 11.9 Å². The van der Waals surface area contributed by atoms with Crippen molar-refractivity contribution in [3.63, 3.8) is 0 Å². The molecule has 0 aliphatic carbocycles. The summed E-state index contributed by atoms with van der Waals surface area (Å²) in [5.41, 5.74) is 0. The summed E-state index contributed by atoms with van der Waals surface area (Å²) in [6.45, 7) is 1.06. The van der Waals surface area contributed by atoms with E-state index in [-0.39, 0.29) is 0 Å². The molecule has 0 aliphatic heterocycles. The number of hydrogen-bond acceptors (Lipinski definition) is 3. The van der Waals surface area contributed by atoms with Crippen LogP contribution in [0.5, 0.6) is 0 Å².